The second-order valence-corrected chi connectivity index (χ2v) is 38.1. The molecule has 4 N–H and O–H groups in total. The van der Waals surface area contributed by atoms with Crippen LogP contribution in [0.2, 0.25) is 0 Å². The Kier molecular flexibility index (Phi) is 66.6. The van der Waals surface area contributed by atoms with Gasteiger partial charge in [-0.3, -0.25) is 62.3 Å². The molecule has 0 radical (unpaired) electrons. The zero-order chi connectivity index (χ0) is 98.2. The number of carbonyl (C=O) groups excluding carboxylic acids is 16. The maximum atomic E-state index is 13.5. The summed E-state index contributed by atoms with van der Waals surface area (Å²) in [7, 11) is 13.5. The Morgan fingerprint density at radius 2 is 0.588 bits per heavy atom. The average molecular weight is 1850 g/mol. The Labute approximate surface area is 788 Å². The second-order valence-electron chi connectivity index (χ2n) is 38.1. The van der Waals surface area contributed by atoms with E-state index in [1.807, 2.05) is 20.8 Å². The van der Waals surface area contributed by atoms with Crippen molar-refractivity contribution in [2.24, 2.45) is 53.1 Å². The molecule has 6 fully saturated rings. The topological polar surface area (TPSA) is 374 Å². The molecule has 3 aliphatic heterocycles. The van der Waals surface area contributed by atoms with E-state index >= 15 is 0 Å². The quantitative estimate of drug-likeness (QED) is 0.0484. The number of imide groups is 3. The van der Waals surface area contributed by atoms with Crippen molar-refractivity contribution in [3.8, 4) is 0 Å². The summed E-state index contributed by atoms with van der Waals surface area (Å²) in [6, 6.07) is 0.880. The fourth-order valence-corrected chi connectivity index (χ4v) is 17.1. The summed E-state index contributed by atoms with van der Waals surface area (Å²) < 4.78 is 0. The summed E-state index contributed by atoms with van der Waals surface area (Å²) in [5.41, 5.74) is 6.12. The molecule has 750 valence electrons. The summed E-state index contributed by atoms with van der Waals surface area (Å²) >= 11 is 0. The number of rotatable bonds is 28. The van der Waals surface area contributed by atoms with Crippen LogP contribution in [0.3, 0.4) is 0 Å². The first-order valence-electron chi connectivity index (χ1n) is 50.6. The Balaban J connectivity index is 0.000000849. The molecule has 3 heterocycles. The molecule has 0 aromatic rings. The lowest BCUT2D eigenvalue weighted by Crippen LogP contribution is -2.41. The van der Waals surface area contributed by atoms with Gasteiger partial charge in [0, 0.05) is 155 Å². The van der Waals surface area contributed by atoms with Crippen LogP contribution in [0.1, 0.15) is 408 Å². The molecule has 29 nitrogen and oxygen atoms in total. The summed E-state index contributed by atoms with van der Waals surface area (Å²) in [6.07, 6.45) is 60.8. The molecule has 6 aliphatic rings. The fraction of sp³-hybridized carbons (Fsp3) is 0.804. The van der Waals surface area contributed by atoms with Gasteiger partial charge in [0.15, 0.2) is 0 Å². The van der Waals surface area contributed by atoms with Crippen molar-refractivity contribution in [1.82, 2.24) is 45.4 Å². The third-order valence-corrected chi connectivity index (χ3v) is 25.8. The minimum absolute atomic E-state index is 0.0181. The lowest BCUT2D eigenvalue weighted by atomic mass is 9.84. The first-order valence-corrected chi connectivity index (χ1v) is 50.6. The number of carbonyl (C=O) groups is 16. The molecule has 0 aromatic heterocycles. The Morgan fingerprint density at radius 3 is 0.832 bits per heavy atom. The molecular weight excluding hydrogens is 1670 g/mol. The summed E-state index contributed by atoms with van der Waals surface area (Å²) in [6.45, 7) is 19.0. The Morgan fingerprint density at radius 1 is 0.336 bits per heavy atom. The molecule has 12 amide bonds. The van der Waals surface area contributed by atoms with E-state index in [9.17, 15) is 76.7 Å². The van der Waals surface area contributed by atoms with Crippen molar-refractivity contribution in [3.05, 3.63) is 25.3 Å². The van der Waals surface area contributed by atoms with Crippen molar-refractivity contribution in [1.29, 1.82) is 0 Å². The maximum absolute atomic E-state index is 13.5. The van der Waals surface area contributed by atoms with Crippen LogP contribution in [-0.4, -0.2) is 204 Å². The number of Topliss-reactive ketones (excluding diaryl/α,β-unsaturated/α-hetero) is 1. The van der Waals surface area contributed by atoms with E-state index in [2.05, 4.69) is 28.6 Å². The largest absolute Gasteiger partial charge is 0.356 e. The number of nitrogens with zero attached hydrogens (tertiary/aromatic N) is 7. The lowest BCUT2D eigenvalue weighted by molar-refractivity contribution is -0.201. The van der Waals surface area contributed by atoms with Crippen LogP contribution < -0.4 is 16.4 Å². The molecule has 8 atom stereocenters. The molecule has 0 aromatic carbocycles. The third-order valence-electron chi connectivity index (χ3n) is 25.8. The van der Waals surface area contributed by atoms with Gasteiger partial charge in [-0.15, -0.1) is 15.2 Å². The van der Waals surface area contributed by atoms with Crippen molar-refractivity contribution >= 4 is 94.6 Å². The third kappa shape index (κ3) is 54.0. The Hall–Kier alpha value is -8.24. The van der Waals surface area contributed by atoms with Crippen LogP contribution in [0.4, 0.5) is 0 Å². The molecule has 8 unspecified atom stereocenters. The van der Waals surface area contributed by atoms with Crippen molar-refractivity contribution < 1.29 is 91.2 Å². The van der Waals surface area contributed by atoms with Crippen molar-refractivity contribution in [3.63, 3.8) is 0 Å². The second kappa shape index (κ2) is 72.3. The first-order chi connectivity index (χ1) is 62.4. The van der Waals surface area contributed by atoms with Gasteiger partial charge in [-0.25, -0.2) is 14.4 Å². The van der Waals surface area contributed by atoms with Crippen molar-refractivity contribution in [2.45, 2.75) is 426 Å². The lowest BCUT2D eigenvalue weighted by Gasteiger charge is -2.28. The van der Waals surface area contributed by atoms with Crippen LogP contribution in [0.15, 0.2) is 25.3 Å². The molecule has 3 saturated heterocycles. The molecule has 3 saturated carbocycles. The van der Waals surface area contributed by atoms with Gasteiger partial charge in [-0.2, -0.15) is 0 Å². The van der Waals surface area contributed by atoms with Gasteiger partial charge in [0.25, 0.3) is 35.4 Å². The van der Waals surface area contributed by atoms with E-state index < -0.39 is 71.1 Å². The van der Waals surface area contributed by atoms with E-state index in [0.717, 1.165) is 44.6 Å². The highest BCUT2D eigenvalue weighted by atomic mass is 16.7. The standard InChI is InChI=1S/C32H55N3O6.C29H54N2O3.C15H31N.C14H22N2O5.C7H7NO4.C5H9NO/c1-5-25(30(38)33-27-18-16-14-12-10-8-6-7-9-11-13-15-17-19-27)23-26(31(39)34(3)4)22-24(2)32(40)41-35-28(36)20-21-29(35)37;1-6-25(22-26(29(34)31(4)5)21-23(2)24(3)32)28(33)30-27-19-17-15-13-11-9-7-8-10-12-14-16-18-20-27;16-15-13-11-9-7-5-3-1-2-4-6-8-10-12-14-15;1-5-10(8-9(2)13(19)15(3)4)14(20)21-16-11(17)6-7-12(16)18;1-2-7(11)12-8-5(9)3-4-6(8)10;1-4-5(7)6(2)3/h24-27H,5-23H2,1-4H3,(H,33,38);23,25-27H,6-22H2,1-5H3,(H,30,33);15H,1-14,16H2;9-10H,5-8H2,1-4H3;2H,1,3-4H2;4H,1H2,2-3H3. The van der Waals surface area contributed by atoms with E-state index in [4.69, 9.17) is 15.4 Å². The number of nitrogens with one attached hydrogen (secondary N) is 2. The van der Waals surface area contributed by atoms with Gasteiger partial charge >= 0.3 is 17.9 Å². The fourth-order valence-electron chi connectivity index (χ4n) is 17.1. The summed E-state index contributed by atoms with van der Waals surface area (Å²) in [5, 5.41) is 8.27. The smallest absolute Gasteiger partial charge is 0.353 e. The maximum Gasteiger partial charge on any atom is 0.356 e. The van der Waals surface area contributed by atoms with E-state index in [-0.39, 0.29) is 128 Å². The minimum Gasteiger partial charge on any atom is -0.353 e. The van der Waals surface area contributed by atoms with Crippen molar-refractivity contribution in [2.75, 3.05) is 56.4 Å². The number of ketones is 1. The number of hydrogen-bond donors (Lipinski definition) is 3. The predicted molar refractivity (Wildman–Crippen MR) is 512 cm³/mol. The number of nitrogens with two attached hydrogens (primary N) is 1. The zero-order valence-corrected chi connectivity index (χ0v) is 84.0. The van der Waals surface area contributed by atoms with E-state index in [1.165, 1.54) is 252 Å². The predicted octanol–water partition coefficient (Wildman–Crippen LogP) is 17.9. The van der Waals surface area contributed by atoms with E-state index in [1.54, 1.807) is 89.0 Å². The normalized spacial score (nSPS) is 19.5. The number of hydroxylamine groups is 6. The average Bonchev–Trinajstić information content (AvgIpc) is 1.80. The van der Waals surface area contributed by atoms with Gasteiger partial charge in [0.05, 0.1) is 11.8 Å². The van der Waals surface area contributed by atoms with Crippen LogP contribution in [-0.2, 0) is 91.2 Å². The molecule has 0 spiro atoms. The number of likely N-dealkylation sites (N-methyl/N-ethyl adjacent to an activating group) is 1. The molecule has 131 heavy (non-hydrogen) atoms. The van der Waals surface area contributed by atoms with Gasteiger partial charge in [0.1, 0.15) is 5.78 Å². The molecule has 29 heteroatoms. The van der Waals surface area contributed by atoms with Gasteiger partial charge < -0.3 is 50.5 Å². The van der Waals surface area contributed by atoms with Gasteiger partial charge in [0.2, 0.25) is 35.4 Å². The van der Waals surface area contributed by atoms with Gasteiger partial charge in [-0.05, 0) is 103 Å². The van der Waals surface area contributed by atoms with Crippen LogP contribution in [0, 0.1) is 47.3 Å². The summed E-state index contributed by atoms with van der Waals surface area (Å²) in [5.74, 6) is -8.46. The monoisotopic (exact) mass is 1850 g/mol. The molecular formula is C102H178N10O19. The highest BCUT2D eigenvalue weighted by molar-refractivity contribution is 6.03. The highest BCUT2D eigenvalue weighted by Crippen LogP contribution is 2.31. The van der Waals surface area contributed by atoms with Crippen LogP contribution in [0.5, 0.6) is 0 Å². The summed E-state index contributed by atoms with van der Waals surface area (Å²) in [4.78, 5) is 211. The minimum atomic E-state index is -0.807. The highest BCUT2D eigenvalue weighted by Gasteiger charge is 2.39. The molecule has 3 aliphatic carbocycles. The molecule has 6 rings (SSSR count). The zero-order valence-electron chi connectivity index (χ0n) is 84.0. The van der Waals surface area contributed by atoms with E-state index in [0.29, 0.717) is 66.2 Å². The van der Waals surface area contributed by atoms with Crippen LogP contribution >= 0.6 is 0 Å². The SMILES string of the molecule is C=CC(=O)N(C)C.C=CC(=O)ON1C(=O)CCC1=O.CCC(CC(C)C(=O)N(C)C)C(=O)ON1C(=O)CCC1=O.CCC(CC(CC(C)C(=O)ON1C(=O)CCC1=O)C(=O)N(C)C)C(=O)NC1CCCCCCCCCCCCCC1.CCC(CC(CC(C)C(C)=O)C(=O)N(C)C)C(=O)NC1CCCCCCCCCCCCCC1.NC1CCCCCCCCCCCCCC1. The molecule has 0 bridgehead atoms. The van der Waals surface area contributed by atoms with Gasteiger partial charge in [-0.1, -0.05) is 286 Å². The van der Waals surface area contributed by atoms with Crippen LogP contribution in [0.25, 0.3) is 0 Å². The number of amides is 12. The number of hydrogen-bond acceptors (Lipinski definition) is 20. The Bertz CT molecular complexity index is 3320. The first kappa shape index (κ1) is 121.